The molecule has 0 spiro atoms. The highest BCUT2D eigenvalue weighted by Gasteiger charge is 2.31. The third kappa shape index (κ3) is 5.32. The topological polar surface area (TPSA) is 124 Å². The number of halogens is 3. The highest BCUT2D eigenvalue weighted by atomic mass is 32.2. The lowest BCUT2D eigenvalue weighted by Gasteiger charge is -2.15. The fourth-order valence-corrected chi connectivity index (χ4v) is 4.55. The number of aromatic nitrogens is 4. The number of hydrogen-bond acceptors (Lipinski definition) is 7. The molecule has 2 aromatic carbocycles. The predicted molar refractivity (Wildman–Crippen MR) is 127 cm³/mol. The second kappa shape index (κ2) is 9.56. The number of aryl methyl sites for hydroxylation is 2. The monoisotopic (exact) mass is 534 g/mol. The van der Waals surface area contributed by atoms with Crippen LogP contribution >= 0.6 is 0 Å². The molecule has 0 aliphatic heterocycles. The zero-order valence-corrected chi connectivity index (χ0v) is 20.6. The fraction of sp³-hybridized carbons (Fsp3) is 0.250. The largest absolute Gasteiger partial charge is 0.416 e. The zero-order valence-electron chi connectivity index (χ0n) is 19.8. The number of Topliss-reactive ketones (excluding diaryl/α,β-unsaturated/α-hetero) is 1. The highest BCUT2D eigenvalue weighted by molar-refractivity contribution is 7.86. The molecule has 0 saturated heterocycles. The van der Waals surface area contributed by atoms with E-state index in [1.54, 1.807) is 26.0 Å². The number of rotatable bonds is 7. The molecular weight excluding hydrogens is 513 g/mol. The van der Waals surface area contributed by atoms with Crippen molar-refractivity contribution < 1.29 is 30.6 Å². The van der Waals surface area contributed by atoms with E-state index in [9.17, 15) is 31.2 Å². The molecule has 0 aliphatic carbocycles. The van der Waals surface area contributed by atoms with Crippen molar-refractivity contribution in [2.45, 2.75) is 37.9 Å². The Balaban J connectivity index is 1.70. The van der Waals surface area contributed by atoms with Crippen LogP contribution in [-0.2, 0) is 20.5 Å². The standard InChI is InChI=1S/C24H21F3N4O5S/c1-13-4-10-18(11-5-13)37(34,35)36-12-19(32)21-20-22(28-15(3)29-23(20)33)31(30-21)14(2)16-6-8-17(9-7-16)24(25,26)27/h4-11,14H,12H2,1-3H3,(H,28,29,33). The lowest BCUT2D eigenvalue weighted by Crippen LogP contribution is -2.18. The Bertz CT molecular complexity index is 1640. The summed E-state index contributed by atoms with van der Waals surface area (Å²) in [4.78, 5) is 32.3. The molecule has 1 N–H and O–H groups in total. The first kappa shape index (κ1) is 26.2. The van der Waals surface area contributed by atoms with Crippen LogP contribution in [0.15, 0.2) is 58.2 Å². The third-order valence-corrected chi connectivity index (χ3v) is 6.96. The van der Waals surface area contributed by atoms with E-state index in [1.807, 2.05) is 0 Å². The van der Waals surface area contributed by atoms with Gasteiger partial charge in [0.2, 0.25) is 5.78 Å². The number of ketones is 1. The van der Waals surface area contributed by atoms with Crippen LogP contribution in [0.1, 0.15) is 46.0 Å². The van der Waals surface area contributed by atoms with E-state index in [-0.39, 0.29) is 27.4 Å². The molecule has 0 amide bonds. The van der Waals surface area contributed by atoms with Gasteiger partial charge in [-0.1, -0.05) is 29.8 Å². The second-order valence-corrected chi connectivity index (χ2v) is 10.0. The van der Waals surface area contributed by atoms with Gasteiger partial charge in [0.15, 0.2) is 5.65 Å². The lowest BCUT2D eigenvalue weighted by molar-refractivity contribution is -0.137. The van der Waals surface area contributed by atoms with E-state index in [4.69, 9.17) is 4.18 Å². The van der Waals surface area contributed by atoms with Crippen molar-refractivity contribution in [2.75, 3.05) is 6.61 Å². The molecule has 0 bridgehead atoms. The fourth-order valence-electron chi connectivity index (χ4n) is 3.68. The van der Waals surface area contributed by atoms with Gasteiger partial charge in [0.25, 0.3) is 15.7 Å². The van der Waals surface area contributed by atoms with Gasteiger partial charge < -0.3 is 4.98 Å². The molecule has 9 nitrogen and oxygen atoms in total. The summed E-state index contributed by atoms with van der Waals surface area (Å²) in [6.07, 6.45) is -4.51. The van der Waals surface area contributed by atoms with Gasteiger partial charge in [-0.2, -0.15) is 26.7 Å². The first-order chi connectivity index (χ1) is 17.3. The summed E-state index contributed by atoms with van der Waals surface area (Å²) in [7, 11) is -4.27. The molecule has 2 aromatic heterocycles. The number of benzene rings is 2. The maximum atomic E-state index is 13.0. The second-order valence-electron chi connectivity index (χ2n) is 8.39. The first-order valence-corrected chi connectivity index (χ1v) is 12.3. The van der Waals surface area contributed by atoms with Crippen molar-refractivity contribution in [1.82, 2.24) is 19.7 Å². The average molecular weight is 535 g/mol. The zero-order chi connectivity index (χ0) is 27.1. The van der Waals surface area contributed by atoms with E-state index in [1.165, 1.54) is 35.9 Å². The maximum absolute atomic E-state index is 13.0. The molecule has 4 rings (SSSR count). The lowest BCUT2D eigenvalue weighted by atomic mass is 10.1. The molecule has 13 heteroatoms. The van der Waals surface area contributed by atoms with E-state index in [0.717, 1.165) is 17.7 Å². The minimum atomic E-state index is -4.51. The van der Waals surface area contributed by atoms with Crippen LogP contribution in [0.5, 0.6) is 0 Å². The van der Waals surface area contributed by atoms with Crippen LogP contribution in [0, 0.1) is 13.8 Å². The average Bonchev–Trinajstić information content (AvgIpc) is 3.22. The van der Waals surface area contributed by atoms with Crippen molar-refractivity contribution >= 4 is 26.9 Å². The number of carbonyl (C=O) groups excluding carboxylic acids is 1. The Morgan fingerprint density at radius 3 is 2.30 bits per heavy atom. The Morgan fingerprint density at radius 1 is 1.08 bits per heavy atom. The molecule has 2 heterocycles. The molecule has 37 heavy (non-hydrogen) atoms. The van der Waals surface area contributed by atoms with E-state index in [0.29, 0.717) is 5.56 Å². The van der Waals surface area contributed by atoms with Crippen LogP contribution in [0.4, 0.5) is 13.2 Å². The van der Waals surface area contributed by atoms with Gasteiger partial charge >= 0.3 is 6.18 Å². The summed E-state index contributed by atoms with van der Waals surface area (Å²) in [5.74, 6) is -0.675. The van der Waals surface area contributed by atoms with Gasteiger partial charge in [-0.05, 0) is 50.6 Å². The van der Waals surface area contributed by atoms with Crippen molar-refractivity contribution in [3.63, 3.8) is 0 Å². The summed E-state index contributed by atoms with van der Waals surface area (Å²) in [6.45, 7) is 3.98. The number of nitrogens with zero attached hydrogens (tertiary/aromatic N) is 3. The van der Waals surface area contributed by atoms with Gasteiger partial charge in [0.1, 0.15) is 23.5 Å². The summed E-state index contributed by atoms with van der Waals surface area (Å²) < 4.78 is 70.0. The minimum absolute atomic E-state index is 0.0124. The third-order valence-electron chi connectivity index (χ3n) is 5.69. The summed E-state index contributed by atoms with van der Waals surface area (Å²) in [5, 5.41) is 4.02. The van der Waals surface area contributed by atoms with Crippen LogP contribution in [-0.4, -0.2) is 40.6 Å². The number of carbonyl (C=O) groups is 1. The van der Waals surface area contributed by atoms with Crippen LogP contribution in [0.25, 0.3) is 11.0 Å². The quantitative estimate of drug-likeness (QED) is 0.281. The smallest absolute Gasteiger partial charge is 0.310 e. The Morgan fingerprint density at radius 2 is 1.70 bits per heavy atom. The van der Waals surface area contributed by atoms with Crippen molar-refractivity contribution in [3.8, 4) is 0 Å². The summed E-state index contributed by atoms with van der Waals surface area (Å²) in [6, 6.07) is 9.45. The van der Waals surface area contributed by atoms with Gasteiger partial charge in [0.05, 0.1) is 16.5 Å². The Hall–Kier alpha value is -3.84. The molecule has 0 fully saturated rings. The first-order valence-electron chi connectivity index (χ1n) is 10.9. The number of hydrogen-bond donors (Lipinski definition) is 1. The van der Waals surface area contributed by atoms with Crippen LogP contribution < -0.4 is 5.56 Å². The molecule has 0 radical (unpaired) electrons. The SMILES string of the molecule is Cc1ccc(S(=O)(=O)OCC(=O)c2nn(C(C)c3ccc(C(F)(F)F)cc3)c3nc(C)[nH]c(=O)c23)cc1. The molecular formula is C24H21F3N4O5S. The van der Waals surface area contributed by atoms with Crippen LogP contribution in [0.2, 0.25) is 0 Å². The van der Waals surface area contributed by atoms with E-state index in [2.05, 4.69) is 15.1 Å². The highest BCUT2D eigenvalue weighted by Crippen LogP contribution is 2.31. The van der Waals surface area contributed by atoms with Crippen LogP contribution in [0.3, 0.4) is 0 Å². The number of fused-ring (bicyclic) bond motifs is 1. The van der Waals surface area contributed by atoms with Crippen molar-refractivity contribution in [2.24, 2.45) is 0 Å². The van der Waals surface area contributed by atoms with E-state index >= 15 is 0 Å². The number of nitrogens with one attached hydrogen (secondary N) is 1. The number of alkyl halides is 3. The maximum Gasteiger partial charge on any atom is 0.416 e. The number of H-pyrrole nitrogens is 1. The van der Waals surface area contributed by atoms with Crippen molar-refractivity contribution in [3.05, 3.63) is 87.1 Å². The minimum Gasteiger partial charge on any atom is -0.310 e. The van der Waals surface area contributed by atoms with E-state index < -0.39 is 45.8 Å². The van der Waals surface area contributed by atoms with Crippen molar-refractivity contribution in [1.29, 1.82) is 0 Å². The van der Waals surface area contributed by atoms with Gasteiger partial charge in [-0.15, -0.1) is 0 Å². The number of aromatic amines is 1. The molecule has 0 aliphatic rings. The van der Waals surface area contributed by atoms with Gasteiger partial charge in [-0.3, -0.25) is 13.8 Å². The predicted octanol–water partition coefficient (Wildman–Crippen LogP) is 3.95. The van der Waals surface area contributed by atoms with Gasteiger partial charge in [0, 0.05) is 0 Å². The Labute approximate surface area is 209 Å². The summed E-state index contributed by atoms with van der Waals surface area (Å²) in [5.41, 5.74) is -0.634. The molecule has 1 unspecified atom stereocenters. The van der Waals surface area contributed by atoms with Gasteiger partial charge in [-0.25, -0.2) is 9.67 Å². The molecule has 4 aromatic rings. The Kier molecular flexibility index (Phi) is 6.78. The normalized spacial score (nSPS) is 13.1. The molecule has 0 saturated carbocycles. The molecule has 194 valence electrons. The summed E-state index contributed by atoms with van der Waals surface area (Å²) >= 11 is 0. The molecule has 1 atom stereocenters.